The van der Waals surface area contributed by atoms with Crippen molar-refractivity contribution >= 4 is 0 Å². The van der Waals surface area contributed by atoms with Crippen molar-refractivity contribution in [1.29, 1.82) is 0 Å². The van der Waals surface area contributed by atoms with Gasteiger partial charge in [-0.1, -0.05) is 13.8 Å². The normalized spacial score (nSPS) is 41.1. The van der Waals surface area contributed by atoms with Gasteiger partial charge in [-0.25, -0.2) is 0 Å². The van der Waals surface area contributed by atoms with Crippen molar-refractivity contribution in [1.82, 2.24) is 5.43 Å². The van der Waals surface area contributed by atoms with E-state index in [1.165, 1.54) is 19.3 Å². The number of nitrogens with two attached hydrogens (primary N) is 1. The summed E-state index contributed by atoms with van der Waals surface area (Å²) in [4.78, 5) is 0. The summed E-state index contributed by atoms with van der Waals surface area (Å²) in [5.74, 6) is 7.95. The first-order chi connectivity index (χ1) is 8.20. The zero-order valence-electron chi connectivity index (χ0n) is 11.0. The maximum Gasteiger partial charge on any atom is 0.0978 e. The Morgan fingerprint density at radius 2 is 1.82 bits per heavy atom. The molecule has 0 radical (unpaired) electrons. The van der Waals surface area contributed by atoms with Crippen molar-refractivity contribution < 1.29 is 9.47 Å². The minimum atomic E-state index is 0.122. The number of ether oxygens (including phenoxy) is 2. The molecule has 4 atom stereocenters. The molecule has 0 bridgehead atoms. The molecule has 0 amide bonds. The summed E-state index contributed by atoms with van der Waals surface area (Å²) < 4.78 is 11.3. The van der Waals surface area contributed by atoms with Gasteiger partial charge >= 0.3 is 0 Å². The van der Waals surface area contributed by atoms with E-state index < -0.39 is 0 Å². The standard InChI is InChI=1S/C13H26N2O2/c1-9-5-10(2)7-11(6-9)13(15-14)12-8-16-3-4-17-12/h9-13,15H,3-8,14H2,1-2H3. The predicted molar refractivity (Wildman–Crippen MR) is 67.3 cm³/mol. The van der Waals surface area contributed by atoms with Gasteiger partial charge in [0.1, 0.15) is 0 Å². The lowest BCUT2D eigenvalue weighted by molar-refractivity contribution is -0.112. The fraction of sp³-hybridized carbons (Fsp3) is 1.00. The Kier molecular flexibility index (Phi) is 4.79. The number of hydrogen-bond donors (Lipinski definition) is 2. The quantitative estimate of drug-likeness (QED) is 0.578. The maximum absolute atomic E-state index is 5.79. The minimum Gasteiger partial charge on any atom is -0.376 e. The molecule has 1 aliphatic heterocycles. The molecule has 1 heterocycles. The van der Waals surface area contributed by atoms with E-state index in [0.29, 0.717) is 25.7 Å². The molecule has 0 aromatic heterocycles. The van der Waals surface area contributed by atoms with E-state index in [0.717, 1.165) is 11.8 Å². The Morgan fingerprint density at radius 1 is 1.12 bits per heavy atom. The second-order valence-electron chi connectivity index (χ2n) is 5.85. The molecular weight excluding hydrogens is 216 g/mol. The van der Waals surface area contributed by atoms with E-state index in [1.54, 1.807) is 0 Å². The smallest absolute Gasteiger partial charge is 0.0978 e. The van der Waals surface area contributed by atoms with Gasteiger partial charge in [-0.05, 0) is 37.0 Å². The molecule has 100 valence electrons. The summed E-state index contributed by atoms with van der Waals surface area (Å²) in [6.45, 7) is 6.77. The molecule has 2 fully saturated rings. The van der Waals surface area contributed by atoms with Crippen LogP contribution in [0.3, 0.4) is 0 Å². The number of hydrogen-bond acceptors (Lipinski definition) is 4. The van der Waals surface area contributed by atoms with Crippen LogP contribution in [0.15, 0.2) is 0 Å². The topological polar surface area (TPSA) is 56.5 Å². The predicted octanol–water partition coefficient (Wildman–Crippen LogP) is 1.31. The first-order valence-electron chi connectivity index (χ1n) is 6.86. The summed E-state index contributed by atoms with van der Waals surface area (Å²) in [7, 11) is 0. The van der Waals surface area contributed by atoms with Crippen molar-refractivity contribution in [2.24, 2.45) is 23.6 Å². The molecule has 0 spiro atoms. The zero-order valence-corrected chi connectivity index (χ0v) is 11.0. The minimum absolute atomic E-state index is 0.122. The van der Waals surface area contributed by atoms with Crippen LogP contribution in [0.2, 0.25) is 0 Å². The third-order valence-corrected chi connectivity index (χ3v) is 4.16. The van der Waals surface area contributed by atoms with Crippen LogP contribution in [0.5, 0.6) is 0 Å². The fourth-order valence-electron chi connectivity index (χ4n) is 3.56. The average Bonchev–Trinajstić information content (AvgIpc) is 2.30. The number of rotatable bonds is 3. The zero-order chi connectivity index (χ0) is 12.3. The lowest BCUT2D eigenvalue weighted by Gasteiger charge is -2.40. The molecule has 2 aliphatic rings. The average molecular weight is 242 g/mol. The summed E-state index contributed by atoms with van der Waals surface area (Å²) in [5.41, 5.74) is 2.98. The Balaban J connectivity index is 1.96. The molecule has 4 unspecified atom stereocenters. The van der Waals surface area contributed by atoms with Crippen molar-refractivity contribution in [2.75, 3.05) is 19.8 Å². The first-order valence-corrected chi connectivity index (χ1v) is 6.86. The SMILES string of the molecule is CC1CC(C)CC(C(NN)C2COCCO2)C1. The second-order valence-corrected chi connectivity index (χ2v) is 5.85. The largest absolute Gasteiger partial charge is 0.376 e. The van der Waals surface area contributed by atoms with Gasteiger partial charge < -0.3 is 9.47 Å². The summed E-state index contributed by atoms with van der Waals surface area (Å²) in [6.07, 6.45) is 3.96. The van der Waals surface area contributed by atoms with Crippen LogP contribution in [0, 0.1) is 17.8 Å². The Morgan fingerprint density at radius 3 is 2.35 bits per heavy atom. The van der Waals surface area contributed by atoms with Gasteiger partial charge in [0, 0.05) is 0 Å². The van der Waals surface area contributed by atoms with Crippen LogP contribution >= 0.6 is 0 Å². The molecule has 1 aliphatic carbocycles. The summed E-state index contributed by atoms with van der Waals surface area (Å²) in [6, 6.07) is 0.237. The van der Waals surface area contributed by atoms with Crippen molar-refractivity contribution in [3.05, 3.63) is 0 Å². The van der Waals surface area contributed by atoms with Crippen LogP contribution < -0.4 is 11.3 Å². The maximum atomic E-state index is 5.79. The monoisotopic (exact) mass is 242 g/mol. The van der Waals surface area contributed by atoms with Crippen molar-refractivity contribution in [3.8, 4) is 0 Å². The Hall–Kier alpha value is -0.160. The fourth-order valence-corrected chi connectivity index (χ4v) is 3.56. The van der Waals surface area contributed by atoms with Crippen LogP contribution in [-0.2, 0) is 9.47 Å². The molecule has 4 heteroatoms. The first kappa shape index (κ1) is 13.3. The van der Waals surface area contributed by atoms with E-state index >= 15 is 0 Å². The van der Waals surface area contributed by atoms with E-state index in [1.807, 2.05) is 0 Å². The summed E-state index contributed by atoms with van der Waals surface area (Å²) in [5, 5.41) is 0. The van der Waals surface area contributed by atoms with Gasteiger partial charge in [0.2, 0.25) is 0 Å². The molecule has 0 aromatic rings. The number of nitrogens with one attached hydrogen (secondary N) is 1. The van der Waals surface area contributed by atoms with Gasteiger partial charge in [-0.3, -0.25) is 11.3 Å². The van der Waals surface area contributed by atoms with Gasteiger partial charge in [-0.2, -0.15) is 0 Å². The molecule has 1 saturated heterocycles. The van der Waals surface area contributed by atoms with Crippen molar-refractivity contribution in [3.63, 3.8) is 0 Å². The molecule has 4 nitrogen and oxygen atoms in total. The van der Waals surface area contributed by atoms with Crippen LogP contribution in [-0.4, -0.2) is 32.0 Å². The van der Waals surface area contributed by atoms with Crippen LogP contribution in [0.4, 0.5) is 0 Å². The molecule has 2 rings (SSSR count). The van der Waals surface area contributed by atoms with Crippen LogP contribution in [0.1, 0.15) is 33.1 Å². The molecule has 1 saturated carbocycles. The highest BCUT2D eigenvalue weighted by Gasteiger charge is 2.35. The van der Waals surface area contributed by atoms with Crippen LogP contribution in [0.25, 0.3) is 0 Å². The van der Waals surface area contributed by atoms with E-state index in [9.17, 15) is 0 Å². The molecular formula is C13H26N2O2. The molecule has 17 heavy (non-hydrogen) atoms. The van der Waals surface area contributed by atoms with Gasteiger partial charge in [0.25, 0.3) is 0 Å². The van der Waals surface area contributed by atoms with E-state index in [2.05, 4.69) is 19.3 Å². The van der Waals surface area contributed by atoms with E-state index in [-0.39, 0.29) is 12.1 Å². The van der Waals surface area contributed by atoms with Crippen molar-refractivity contribution in [2.45, 2.75) is 45.3 Å². The molecule has 3 N–H and O–H groups in total. The lowest BCUT2D eigenvalue weighted by atomic mass is 9.73. The second kappa shape index (κ2) is 6.14. The lowest BCUT2D eigenvalue weighted by Crippen LogP contribution is -2.54. The number of hydrazine groups is 1. The van der Waals surface area contributed by atoms with Gasteiger partial charge in [0.05, 0.1) is 32.0 Å². The summed E-state index contributed by atoms with van der Waals surface area (Å²) >= 11 is 0. The third-order valence-electron chi connectivity index (χ3n) is 4.16. The van der Waals surface area contributed by atoms with Gasteiger partial charge in [-0.15, -0.1) is 0 Å². The highest BCUT2D eigenvalue weighted by molar-refractivity contribution is 4.88. The highest BCUT2D eigenvalue weighted by atomic mass is 16.6. The van der Waals surface area contributed by atoms with E-state index in [4.69, 9.17) is 15.3 Å². The highest BCUT2D eigenvalue weighted by Crippen LogP contribution is 2.35. The Bertz CT molecular complexity index is 221. The van der Waals surface area contributed by atoms with Gasteiger partial charge in [0.15, 0.2) is 0 Å². The Labute approximate surface area is 104 Å². The third kappa shape index (κ3) is 3.41. The molecule has 0 aromatic carbocycles.